The van der Waals surface area contributed by atoms with Gasteiger partial charge < -0.3 is 4.74 Å². The van der Waals surface area contributed by atoms with Gasteiger partial charge in [-0.1, -0.05) is 36.4 Å². The minimum atomic E-state index is -0.159. The number of benzene rings is 3. The predicted molar refractivity (Wildman–Crippen MR) is 135 cm³/mol. The summed E-state index contributed by atoms with van der Waals surface area (Å²) in [7, 11) is 1.66. The second-order valence-corrected chi connectivity index (χ2v) is 8.09. The van der Waals surface area contributed by atoms with Gasteiger partial charge in [-0.25, -0.2) is 4.68 Å². The number of rotatable bonds is 5. The van der Waals surface area contributed by atoms with Crippen LogP contribution in [0.1, 0.15) is 18.1 Å². The van der Waals surface area contributed by atoms with Crippen molar-refractivity contribution in [3.63, 3.8) is 0 Å². The van der Waals surface area contributed by atoms with Crippen molar-refractivity contribution in [2.24, 2.45) is 5.10 Å². The van der Waals surface area contributed by atoms with Gasteiger partial charge in [0.05, 0.1) is 35.5 Å². The first-order valence-electron chi connectivity index (χ1n) is 11.0. The molecule has 6 nitrogen and oxygen atoms in total. The van der Waals surface area contributed by atoms with Crippen LogP contribution in [-0.2, 0) is 4.79 Å². The number of anilines is 1. The molecule has 2 heterocycles. The molecule has 0 radical (unpaired) electrons. The number of methoxy groups -OCH3 is 1. The van der Waals surface area contributed by atoms with Gasteiger partial charge in [-0.15, -0.1) is 0 Å². The van der Waals surface area contributed by atoms with Crippen molar-refractivity contribution in [2.75, 3.05) is 12.1 Å². The maximum Gasteiger partial charge on any atom is 0.280 e. The Hall–Kier alpha value is -4.45. The van der Waals surface area contributed by atoms with Crippen LogP contribution < -0.4 is 9.75 Å². The lowest BCUT2D eigenvalue weighted by molar-refractivity contribution is -0.114. The van der Waals surface area contributed by atoms with E-state index in [1.165, 1.54) is 5.01 Å². The Morgan fingerprint density at radius 1 is 0.882 bits per heavy atom. The van der Waals surface area contributed by atoms with E-state index in [4.69, 9.17) is 9.84 Å². The van der Waals surface area contributed by atoms with Gasteiger partial charge >= 0.3 is 0 Å². The number of ether oxygens (including phenoxy) is 1. The van der Waals surface area contributed by atoms with Crippen LogP contribution in [0.2, 0.25) is 0 Å². The molecule has 3 aromatic carbocycles. The fraction of sp³-hybridized carbons (Fsp3) is 0.107. The third-order valence-electron chi connectivity index (χ3n) is 5.79. The number of hydrogen-bond donors (Lipinski definition) is 0. The van der Waals surface area contributed by atoms with Crippen LogP contribution in [0, 0.1) is 6.92 Å². The molecule has 0 atom stereocenters. The minimum absolute atomic E-state index is 0.159. The summed E-state index contributed by atoms with van der Waals surface area (Å²) in [6, 6.07) is 25.3. The third kappa shape index (κ3) is 3.90. The Labute approximate surface area is 198 Å². The summed E-state index contributed by atoms with van der Waals surface area (Å²) in [5.74, 6) is 0.659. The highest BCUT2D eigenvalue weighted by atomic mass is 16.5. The normalized spacial score (nSPS) is 14.6. The van der Waals surface area contributed by atoms with Crippen molar-refractivity contribution in [1.29, 1.82) is 0 Å². The Kier molecular flexibility index (Phi) is 5.55. The van der Waals surface area contributed by atoms with Crippen LogP contribution in [0.15, 0.2) is 95.7 Å². The van der Waals surface area contributed by atoms with Crippen LogP contribution >= 0.6 is 0 Å². The monoisotopic (exact) mass is 448 g/mol. The largest absolute Gasteiger partial charge is 0.496 e. The molecular formula is C28H24N4O2. The third-order valence-corrected chi connectivity index (χ3v) is 5.79. The summed E-state index contributed by atoms with van der Waals surface area (Å²) >= 11 is 0. The first-order valence-corrected chi connectivity index (χ1v) is 11.0. The molecule has 1 aliphatic rings. The van der Waals surface area contributed by atoms with E-state index in [9.17, 15) is 4.79 Å². The first kappa shape index (κ1) is 21.4. The Morgan fingerprint density at radius 2 is 1.56 bits per heavy atom. The lowest BCUT2D eigenvalue weighted by atomic mass is 10.0. The molecule has 1 amide bonds. The molecule has 0 saturated heterocycles. The van der Waals surface area contributed by atoms with E-state index >= 15 is 0 Å². The summed E-state index contributed by atoms with van der Waals surface area (Å²) in [5, 5.41) is 10.8. The summed E-state index contributed by atoms with van der Waals surface area (Å²) in [5.41, 5.74) is 6.45. The van der Waals surface area contributed by atoms with Gasteiger partial charge in [0.25, 0.3) is 5.91 Å². The lowest BCUT2D eigenvalue weighted by Gasteiger charge is -2.11. The van der Waals surface area contributed by atoms with E-state index in [0.29, 0.717) is 11.3 Å². The molecule has 6 heteroatoms. The van der Waals surface area contributed by atoms with Crippen LogP contribution in [0.25, 0.3) is 23.0 Å². The number of nitrogens with zero attached hydrogens (tertiary/aromatic N) is 4. The number of aromatic nitrogens is 2. The van der Waals surface area contributed by atoms with Gasteiger partial charge in [0, 0.05) is 17.3 Å². The Morgan fingerprint density at radius 3 is 2.21 bits per heavy atom. The maximum atomic E-state index is 13.3. The van der Waals surface area contributed by atoms with E-state index in [-0.39, 0.29) is 5.91 Å². The lowest BCUT2D eigenvalue weighted by Crippen LogP contribution is -2.21. The number of hydrogen-bond acceptors (Lipinski definition) is 4. The average Bonchev–Trinajstić information content (AvgIpc) is 3.42. The predicted octanol–water partition coefficient (Wildman–Crippen LogP) is 5.66. The molecule has 0 saturated carbocycles. The molecule has 0 spiro atoms. The molecule has 4 aromatic rings. The number of carbonyl (C=O) groups is 1. The molecule has 0 N–H and O–H groups in total. The fourth-order valence-electron chi connectivity index (χ4n) is 4.04. The molecule has 168 valence electrons. The molecule has 1 aromatic heterocycles. The van der Waals surface area contributed by atoms with E-state index in [1.807, 2.05) is 110 Å². The molecule has 5 rings (SSSR count). The summed E-state index contributed by atoms with van der Waals surface area (Å²) in [4.78, 5) is 13.3. The molecule has 1 aliphatic heterocycles. The van der Waals surface area contributed by atoms with Gasteiger partial charge in [0.2, 0.25) is 0 Å². The molecule has 0 bridgehead atoms. The fourth-order valence-corrected chi connectivity index (χ4v) is 4.04. The van der Waals surface area contributed by atoms with Crippen LogP contribution in [0.3, 0.4) is 0 Å². The van der Waals surface area contributed by atoms with E-state index in [0.717, 1.165) is 39.5 Å². The quantitative estimate of drug-likeness (QED) is 0.370. The van der Waals surface area contributed by atoms with Gasteiger partial charge in [-0.2, -0.15) is 15.2 Å². The van der Waals surface area contributed by atoms with E-state index in [2.05, 4.69) is 5.10 Å². The smallest absolute Gasteiger partial charge is 0.280 e. The number of para-hydroxylation sites is 2. The van der Waals surface area contributed by atoms with Crippen LogP contribution in [0.5, 0.6) is 5.75 Å². The molecule has 0 fully saturated rings. The van der Waals surface area contributed by atoms with Crippen molar-refractivity contribution in [3.05, 3.63) is 102 Å². The zero-order valence-electron chi connectivity index (χ0n) is 19.3. The number of amides is 1. The average molecular weight is 449 g/mol. The highest BCUT2D eigenvalue weighted by Crippen LogP contribution is 2.31. The number of hydrazone groups is 1. The van der Waals surface area contributed by atoms with Gasteiger partial charge in [0.15, 0.2) is 0 Å². The highest BCUT2D eigenvalue weighted by Gasteiger charge is 2.29. The van der Waals surface area contributed by atoms with Crippen molar-refractivity contribution >= 4 is 23.4 Å². The zero-order valence-corrected chi connectivity index (χ0v) is 19.3. The summed E-state index contributed by atoms with van der Waals surface area (Å²) in [6.45, 7) is 3.86. The molecule has 0 unspecified atom stereocenters. The van der Waals surface area contributed by atoms with Crippen molar-refractivity contribution < 1.29 is 9.53 Å². The topological polar surface area (TPSA) is 59.7 Å². The van der Waals surface area contributed by atoms with Crippen molar-refractivity contribution in [1.82, 2.24) is 9.78 Å². The highest BCUT2D eigenvalue weighted by molar-refractivity contribution is 6.32. The van der Waals surface area contributed by atoms with Crippen molar-refractivity contribution in [3.8, 4) is 22.7 Å². The van der Waals surface area contributed by atoms with Gasteiger partial charge in [-0.3, -0.25) is 4.79 Å². The second-order valence-electron chi connectivity index (χ2n) is 8.09. The van der Waals surface area contributed by atoms with Crippen molar-refractivity contribution in [2.45, 2.75) is 13.8 Å². The van der Waals surface area contributed by atoms with Gasteiger partial charge in [0.1, 0.15) is 5.75 Å². The van der Waals surface area contributed by atoms with Crippen LogP contribution in [0.4, 0.5) is 5.69 Å². The zero-order chi connectivity index (χ0) is 23.7. The SMILES string of the molecule is COc1ccc(-c2nn(-c3ccccc3)cc2/C=C2/C(=O)N(c3ccccc3)N=C2C)cc1C. The Balaban J connectivity index is 1.61. The summed E-state index contributed by atoms with van der Waals surface area (Å²) < 4.78 is 7.26. The van der Waals surface area contributed by atoms with Gasteiger partial charge in [-0.05, 0) is 68.0 Å². The van der Waals surface area contributed by atoms with E-state index in [1.54, 1.807) is 7.11 Å². The maximum absolute atomic E-state index is 13.3. The minimum Gasteiger partial charge on any atom is -0.496 e. The standard InChI is InChI=1S/C28H24N4O2/c1-19-16-21(14-15-26(19)34-3)27-22(18-31(30-27)23-10-6-4-7-11-23)17-25-20(2)29-32(28(25)33)24-12-8-5-9-13-24/h4-18H,1-3H3/b25-17+. The number of aryl methyl sites for hydroxylation is 1. The van der Waals surface area contributed by atoms with Crippen LogP contribution in [-0.4, -0.2) is 28.5 Å². The molecule has 0 aliphatic carbocycles. The molecular weight excluding hydrogens is 424 g/mol. The summed E-state index contributed by atoms with van der Waals surface area (Å²) in [6.07, 6.45) is 3.83. The first-order chi connectivity index (χ1) is 16.5. The molecule has 34 heavy (non-hydrogen) atoms. The second kappa shape index (κ2) is 8.83. The Bertz CT molecular complexity index is 1420. The number of carbonyl (C=O) groups excluding carboxylic acids is 1. The van der Waals surface area contributed by atoms with E-state index < -0.39 is 0 Å².